The van der Waals surface area contributed by atoms with Crippen LogP contribution in [0.1, 0.15) is 13.8 Å². The largest absolute Gasteiger partial charge is 0.482 e. The van der Waals surface area contributed by atoms with Gasteiger partial charge in [0, 0.05) is 24.8 Å². The summed E-state index contributed by atoms with van der Waals surface area (Å²) >= 11 is 0. The average Bonchev–Trinajstić information content (AvgIpc) is 2.35. The first-order valence-corrected chi connectivity index (χ1v) is 5.44. The van der Waals surface area contributed by atoms with Crippen LogP contribution in [0.15, 0.2) is 24.5 Å². The summed E-state index contributed by atoms with van der Waals surface area (Å²) in [6.45, 7) is 4.13. The first-order valence-electron chi connectivity index (χ1n) is 5.44. The third-order valence-corrected chi connectivity index (χ3v) is 2.20. The van der Waals surface area contributed by atoms with Gasteiger partial charge in [0.25, 0.3) is 5.91 Å². The van der Waals surface area contributed by atoms with Crippen molar-refractivity contribution in [3.63, 3.8) is 0 Å². The van der Waals surface area contributed by atoms with Crippen molar-refractivity contribution >= 4 is 5.91 Å². The summed E-state index contributed by atoms with van der Waals surface area (Å²) in [5, 5.41) is 11.7. The van der Waals surface area contributed by atoms with E-state index in [-0.39, 0.29) is 24.5 Å². The lowest BCUT2D eigenvalue weighted by Gasteiger charge is -2.21. The number of ether oxygens (including phenoxy) is 1. The molecule has 0 aliphatic carbocycles. The fourth-order valence-corrected chi connectivity index (χ4v) is 1.03. The molecular formula is C12H18N2O3. The third kappa shape index (κ3) is 5.31. The van der Waals surface area contributed by atoms with Crippen LogP contribution in [-0.4, -0.2) is 35.8 Å². The Hall–Kier alpha value is -1.62. The van der Waals surface area contributed by atoms with Gasteiger partial charge in [0.2, 0.25) is 0 Å². The highest BCUT2D eigenvalue weighted by Crippen LogP contribution is 2.11. The summed E-state index contributed by atoms with van der Waals surface area (Å²) in [6.07, 6.45) is 3.18. The van der Waals surface area contributed by atoms with Crippen LogP contribution in [0, 0.1) is 5.41 Å². The van der Waals surface area contributed by atoms with E-state index in [1.54, 1.807) is 24.5 Å². The summed E-state index contributed by atoms with van der Waals surface area (Å²) in [5.41, 5.74) is -0.316. The number of aliphatic hydroxyl groups is 1. The van der Waals surface area contributed by atoms with Gasteiger partial charge in [-0.25, -0.2) is 0 Å². The molecule has 0 aliphatic rings. The Morgan fingerprint density at radius 3 is 2.94 bits per heavy atom. The molecule has 94 valence electrons. The fourth-order valence-electron chi connectivity index (χ4n) is 1.03. The van der Waals surface area contributed by atoms with Gasteiger partial charge in [-0.3, -0.25) is 9.78 Å². The van der Waals surface area contributed by atoms with Gasteiger partial charge in [-0.15, -0.1) is 0 Å². The van der Waals surface area contributed by atoms with Gasteiger partial charge in [-0.1, -0.05) is 13.8 Å². The van der Waals surface area contributed by atoms with E-state index in [2.05, 4.69) is 10.3 Å². The minimum Gasteiger partial charge on any atom is -0.482 e. The van der Waals surface area contributed by atoms with E-state index in [0.717, 1.165) is 0 Å². The highest BCUT2D eigenvalue weighted by molar-refractivity contribution is 5.77. The molecule has 0 aromatic carbocycles. The Morgan fingerprint density at radius 2 is 2.35 bits per heavy atom. The van der Waals surface area contributed by atoms with Gasteiger partial charge in [0.15, 0.2) is 6.61 Å². The van der Waals surface area contributed by atoms with Crippen LogP contribution in [0.5, 0.6) is 5.75 Å². The molecule has 0 bridgehead atoms. The monoisotopic (exact) mass is 238 g/mol. The molecule has 5 nitrogen and oxygen atoms in total. The Balaban J connectivity index is 2.27. The summed E-state index contributed by atoms with van der Waals surface area (Å²) in [5.74, 6) is 0.347. The minimum absolute atomic E-state index is 0.0245. The first-order chi connectivity index (χ1) is 8.03. The van der Waals surface area contributed by atoms with Crippen molar-refractivity contribution in [3.8, 4) is 5.75 Å². The number of aliphatic hydroxyl groups excluding tert-OH is 1. The number of hydrogen-bond donors (Lipinski definition) is 2. The maximum atomic E-state index is 11.4. The lowest BCUT2D eigenvalue weighted by Crippen LogP contribution is -2.38. The molecule has 1 aromatic heterocycles. The lowest BCUT2D eigenvalue weighted by molar-refractivity contribution is -0.123. The molecule has 0 unspecified atom stereocenters. The molecule has 5 heteroatoms. The van der Waals surface area contributed by atoms with Gasteiger partial charge in [-0.2, -0.15) is 0 Å². The van der Waals surface area contributed by atoms with Crippen LogP contribution in [0.4, 0.5) is 0 Å². The van der Waals surface area contributed by atoms with E-state index in [4.69, 9.17) is 9.84 Å². The van der Waals surface area contributed by atoms with Gasteiger partial charge >= 0.3 is 0 Å². The van der Waals surface area contributed by atoms with Crippen molar-refractivity contribution in [2.45, 2.75) is 13.8 Å². The molecule has 1 heterocycles. The molecule has 1 aromatic rings. The number of amides is 1. The second kappa shape index (κ2) is 6.20. The summed E-state index contributed by atoms with van der Waals surface area (Å²) < 4.78 is 5.23. The topological polar surface area (TPSA) is 71.5 Å². The standard InChI is InChI=1S/C12H18N2O3/c1-12(2,9-15)8-14-11(16)7-17-10-4-3-5-13-6-10/h3-6,15H,7-9H2,1-2H3,(H,14,16). The molecule has 0 aliphatic heterocycles. The maximum absolute atomic E-state index is 11.4. The number of hydrogen-bond acceptors (Lipinski definition) is 4. The van der Waals surface area contributed by atoms with Gasteiger partial charge in [-0.05, 0) is 12.1 Å². The normalized spacial score (nSPS) is 11.0. The van der Waals surface area contributed by atoms with E-state index in [9.17, 15) is 4.79 Å². The molecule has 1 rings (SSSR count). The zero-order valence-corrected chi connectivity index (χ0v) is 10.1. The Kier molecular flexibility index (Phi) is 4.90. The Bertz CT molecular complexity index is 352. The molecule has 0 saturated carbocycles. The van der Waals surface area contributed by atoms with Crippen molar-refractivity contribution in [2.24, 2.45) is 5.41 Å². The van der Waals surface area contributed by atoms with Crippen molar-refractivity contribution in [3.05, 3.63) is 24.5 Å². The number of aromatic nitrogens is 1. The number of pyridine rings is 1. The minimum atomic E-state index is -0.316. The van der Waals surface area contributed by atoms with Gasteiger partial charge < -0.3 is 15.2 Å². The Labute approximate surface area is 101 Å². The quantitative estimate of drug-likeness (QED) is 0.761. The van der Waals surface area contributed by atoms with Crippen molar-refractivity contribution < 1.29 is 14.6 Å². The average molecular weight is 238 g/mol. The Morgan fingerprint density at radius 1 is 1.59 bits per heavy atom. The number of rotatable bonds is 6. The molecule has 0 spiro atoms. The predicted molar refractivity (Wildman–Crippen MR) is 63.6 cm³/mol. The van der Waals surface area contributed by atoms with Gasteiger partial charge in [0.1, 0.15) is 5.75 Å². The fraction of sp³-hybridized carbons (Fsp3) is 0.500. The highest BCUT2D eigenvalue weighted by Gasteiger charge is 2.17. The van der Waals surface area contributed by atoms with Crippen LogP contribution in [0.3, 0.4) is 0 Å². The molecule has 17 heavy (non-hydrogen) atoms. The maximum Gasteiger partial charge on any atom is 0.257 e. The zero-order chi connectivity index (χ0) is 12.7. The zero-order valence-electron chi connectivity index (χ0n) is 10.1. The van der Waals surface area contributed by atoms with E-state index in [0.29, 0.717) is 12.3 Å². The summed E-state index contributed by atoms with van der Waals surface area (Å²) in [4.78, 5) is 15.3. The van der Waals surface area contributed by atoms with Crippen molar-refractivity contribution in [2.75, 3.05) is 19.8 Å². The second-order valence-electron chi connectivity index (χ2n) is 4.58. The number of carbonyl (C=O) groups is 1. The molecular weight excluding hydrogens is 220 g/mol. The molecule has 1 amide bonds. The molecule has 2 N–H and O–H groups in total. The van der Waals surface area contributed by atoms with Gasteiger partial charge in [0.05, 0.1) is 6.20 Å². The van der Waals surface area contributed by atoms with Crippen LogP contribution < -0.4 is 10.1 Å². The number of nitrogens with one attached hydrogen (secondary N) is 1. The van der Waals surface area contributed by atoms with E-state index < -0.39 is 0 Å². The second-order valence-corrected chi connectivity index (χ2v) is 4.58. The summed E-state index contributed by atoms with van der Waals surface area (Å²) in [6, 6.07) is 3.47. The van der Waals surface area contributed by atoms with Crippen molar-refractivity contribution in [1.82, 2.24) is 10.3 Å². The first kappa shape index (κ1) is 13.4. The summed E-state index contributed by atoms with van der Waals surface area (Å²) in [7, 11) is 0. The van der Waals surface area contributed by atoms with Crippen LogP contribution in [0.2, 0.25) is 0 Å². The lowest BCUT2D eigenvalue weighted by atomic mass is 9.95. The van der Waals surface area contributed by atoms with E-state index in [1.165, 1.54) is 0 Å². The molecule has 0 radical (unpaired) electrons. The van der Waals surface area contributed by atoms with Crippen LogP contribution >= 0.6 is 0 Å². The highest BCUT2D eigenvalue weighted by atomic mass is 16.5. The molecule has 0 fully saturated rings. The van der Waals surface area contributed by atoms with E-state index >= 15 is 0 Å². The SMILES string of the molecule is CC(C)(CO)CNC(=O)COc1cccnc1. The number of nitrogens with zero attached hydrogens (tertiary/aromatic N) is 1. The predicted octanol–water partition coefficient (Wildman–Crippen LogP) is 0.595. The molecule has 0 saturated heterocycles. The number of carbonyl (C=O) groups excluding carboxylic acids is 1. The van der Waals surface area contributed by atoms with E-state index in [1.807, 2.05) is 13.8 Å². The smallest absolute Gasteiger partial charge is 0.257 e. The third-order valence-electron chi connectivity index (χ3n) is 2.20. The molecule has 0 atom stereocenters. The van der Waals surface area contributed by atoms with Crippen LogP contribution in [0.25, 0.3) is 0 Å². The van der Waals surface area contributed by atoms with Crippen molar-refractivity contribution in [1.29, 1.82) is 0 Å². The van der Waals surface area contributed by atoms with Crippen LogP contribution in [-0.2, 0) is 4.79 Å².